The summed E-state index contributed by atoms with van der Waals surface area (Å²) in [5.74, 6) is 0.432. The van der Waals surface area contributed by atoms with E-state index in [1.54, 1.807) is 0 Å². The summed E-state index contributed by atoms with van der Waals surface area (Å²) < 4.78 is 0. The second kappa shape index (κ2) is 2.08. The molecular formula is C9H14O. The topological polar surface area (TPSA) is 17.1 Å². The molecule has 0 bridgehead atoms. The van der Waals surface area contributed by atoms with E-state index in [-0.39, 0.29) is 0 Å². The Bertz CT molecular complexity index is 147. The van der Waals surface area contributed by atoms with Crippen molar-refractivity contribution in [2.24, 2.45) is 11.3 Å². The summed E-state index contributed by atoms with van der Waals surface area (Å²) in [5.41, 5.74) is 0.528. The molecule has 0 aliphatic heterocycles. The maximum absolute atomic E-state index is 10.6. The van der Waals surface area contributed by atoms with Crippen molar-refractivity contribution in [1.29, 1.82) is 0 Å². The number of carbonyl (C=O) groups is 1. The predicted molar refractivity (Wildman–Crippen MR) is 39.7 cm³/mol. The van der Waals surface area contributed by atoms with Gasteiger partial charge in [-0.2, -0.15) is 0 Å². The van der Waals surface area contributed by atoms with Crippen molar-refractivity contribution >= 4 is 6.29 Å². The van der Waals surface area contributed by atoms with Crippen molar-refractivity contribution in [1.82, 2.24) is 0 Å². The molecule has 2 fully saturated rings. The van der Waals surface area contributed by atoms with Crippen molar-refractivity contribution in [2.45, 2.75) is 38.5 Å². The fourth-order valence-electron chi connectivity index (χ4n) is 2.33. The van der Waals surface area contributed by atoms with Crippen LogP contribution in [0.5, 0.6) is 0 Å². The molecule has 0 unspecified atom stereocenters. The Labute approximate surface area is 61.8 Å². The zero-order chi connectivity index (χ0) is 7.03. The number of rotatable bonds is 1. The Morgan fingerprint density at radius 1 is 1.20 bits per heavy atom. The minimum Gasteiger partial charge on any atom is -0.303 e. The first-order valence-corrected chi connectivity index (χ1v) is 4.33. The highest BCUT2D eigenvalue weighted by molar-refractivity contribution is 5.56. The summed E-state index contributed by atoms with van der Waals surface area (Å²) >= 11 is 0. The van der Waals surface area contributed by atoms with Gasteiger partial charge < -0.3 is 4.79 Å². The molecule has 56 valence electrons. The second-order valence-corrected chi connectivity index (χ2v) is 3.85. The summed E-state index contributed by atoms with van der Waals surface area (Å²) in [6.45, 7) is 0. The molecule has 10 heavy (non-hydrogen) atoms. The van der Waals surface area contributed by atoms with E-state index >= 15 is 0 Å². The molecule has 0 amide bonds. The van der Waals surface area contributed by atoms with Crippen LogP contribution in [0, 0.1) is 11.3 Å². The number of aldehydes is 1. The van der Waals surface area contributed by atoms with Gasteiger partial charge in [-0.3, -0.25) is 0 Å². The Morgan fingerprint density at radius 3 is 2.50 bits per heavy atom. The van der Waals surface area contributed by atoms with Crippen LogP contribution in [-0.4, -0.2) is 6.29 Å². The van der Waals surface area contributed by atoms with Crippen molar-refractivity contribution in [3.05, 3.63) is 0 Å². The van der Waals surface area contributed by atoms with Crippen molar-refractivity contribution in [3.63, 3.8) is 0 Å². The summed E-state index contributed by atoms with van der Waals surface area (Å²) in [4.78, 5) is 10.6. The smallest absolute Gasteiger partial charge is 0.123 e. The zero-order valence-corrected chi connectivity index (χ0v) is 6.31. The van der Waals surface area contributed by atoms with E-state index in [1.165, 1.54) is 44.8 Å². The summed E-state index contributed by atoms with van der Waals surface area (Å²) in [6.07, 6.45) is 9.01. The van der Waals surface area contributed by atoms with Crippen LogP contribution in [0.4, 0.5) is 0 Å². The van der Waals surface area contributed by atoms with Gasteiger partial charge >= 0.3 is 0 Å². The van der Waals surface area contributed by atoms with E-state index in [4.69, 9.17) is 0 Å². The molecule has 0 heterocycles. The molecule has 2 aliphatic carbocycles. The van der Waals surface area contributed by atoms with E-state index < -0.39 is 0 Å². The van der Waals surface area contributed by atoms with Gasteiger partial charge in [0.25, 0.3) is 0 Å². The molecule has 2 aliphatic rings. The summed E-state index contributed by atoms with van der Waals surface area (Å²) in [6, 6.07) is 0. The molecule has 2 rings (SSSR count). The van der Waals surface area contributed by atoms with Gasteiger partial charge in [-0.1, -0.05) is 12.8 Å². The third kappa shape index (κ3) is 0.799. The maximum Gasteiger partial charge on any atom is 0.123 e. The van der Waals surface area contributed by atoms with Crippen molar-refractivity contribution in [2.75, 3.05) is 0 Å². The van der Waals surface area contributed by atoms with Gasteiger partial charge in [0, 0.05) is 5.92 Å². The fraction of sp³-hybridized carbons (Fsp3) is 0.889. The quantitative estimate of drug-likeness (QED) is 0.507. The lowest BCUT2D eigenvalue weighted by Crippen LogP contribution is -2.21. The third-order valence-corrected chi connectivity index (χ3v) is 3.28. The minimum atomic E-state index is 0.432. The van der Waals surface area contributed by atoms with Gasteiger partial charge in [0.15, 0.2) is 0 Å². The molecule has 1 atom stereocenters. The van der Waals surface area contributed by atoms with Crippen LogP contribution in [0.1, 0.15) is 38.5 Å². The molecule has 2 saturated carbocycles. The fourth-order valence-corrected chi connectivity index (χ4v) is 2.33. The van der Waals surface area contributed by atoms with Crippen LogP contribution < -0.4 is 0 Å². The van der Waals surface area contributed by atoms with Crippen LogP contribution in [0.15, 0.2) is 0 Å². The normalized spacial score (nSPS) is 35.8. The molecule has 1 heteroatoms. The molecule has 0 aromatic carbocycles. The van der Waals surface area contributed by atoms with Crippen LogP contribution in [0.3, 0.4) is 0 Å². The average molecular weight is 138 g/mol. The Hall–Kier alpha value is -0.330. The first-order chi connectivity index (χ1) is 4.87. The van der Waals surface area contributed by atoms with Gasteiger partial charge in [0.1, 0.15) is 6.29 Å². The highest BCUT2D eigenvalue weighted by Gasteiger charge is 2.49. The number of hydrogen-bond acceptors (Lipinski definition) is 1. The maximum atomic E-state index is 10.6. The summed E-state index contributed by atoms with van der Waals surface area (Å²) in [7, 11) is 0. The first kappa shape index (κ1) is 6.38. The molecule has 0 aromatic heterocycles. The van der Waals surface area contributed by atoms with Crippen molar-refractivity contribution < 1.29 is 4.79 Å². The monoisotopic (exact) mass is 138 g/mol. The van der Waals surface area contributed by atoms with E-state index in [2.05, 4.69) is 0 Å². The number of carbonyl (C=O) groups excluding carboxylic acids is 1. The van der Waals surface area contributed by atoms with Gasteiger partial charge in [-0.05, 0) is 31.1 Å². The van der Waals surface area contributed by atoms with Gasteiger partial charge in [-0.25, -0.2) is 0 Å². The van der Waals surface area contributed by atoms with E-state index in [0.29, 0.717) is 11.3 Å². The minimum absolute atomic E-state index is 0.432. The molecular weight excluding hydrogens is 124 g/mol. The van der Waals surface area contributed by atoms with E-state index in [9.17, 15) is 4.79 Å². The Morgan fingerprint density at radius 2 is 2.00 bits per heavy atom. The highest BCUT2D eigenvalue weighted by Crippen LogP contribution is 2.58. The Kier molecular flexibility index (Phi) is 1.33. The van der Waals surface area contributed by atoms with Crippen molar-refractivity contribution in [3.8, 4) is 0 Å². The van der Waals surface area contributed by atoms with E-state index in [0.717, 1.165) is 0 Å². The first-order valence-electron chi connectivity index (χ1n) is 4.33. The third-order valence-electron chi connectivity index (χ3n) is 3.28. The standard InChI is InChI=1S/C9H14O/c10-7-8-3-1-2-4-9(8)5-6-9/h7-8H,1-6H2/t8-/m0/s1. The lowest BCUT2D eigenvalue weighted by Gasteiger charge is -2.26. The van der Waals surface area contributed by atoms with E-state index in [1.807, 2.05) is 0 Å². The molecule has 0 aromatic rings. The van der Waals surface area contributed by atoms with Crippen LogP contribution in [0.25, 0.3) is 0 Å². The predicted octanol–water partition coefficient (Wildman–Crippen LogP) is 2.16. The average Bonchev–Trinajstić information content (AvgIpc) is 2.71. The SMILES string of the molecule is O=C[C@@H]1CCCCC12CC2. The lowest BCUT2D eigenvalue weighted by atomic mass is 9.77. The lowest BCUT2D eigenvalue weighted by molar-refractivity contribution is -0.114. The van der Waals surface area contributed by atoms with Gasteiger partial charge in [0.05, 0.1) is 0 Å². The molecule has 1 nitrogen and oxygen atoms in total. The summed E-state index contributed by atoms with van der Waals surface area (Å²) in [5, 5.41) is 0. The van der Waals surface area contributed by atoms with Crippen LogP contribution in [0.2, 0.25) is 0 Å². The molecule has 0 saturated heterocycles. The molecule has 0 N–H and O–H groups in total. The van der Waals surface area contributed by atoms with Gasteiger partial charge in [-0.15, -0.1) is 0 Å². The van der Waals surface area contributed by atoms with Crippen LogP contribution >= 0.6 is 0 Å². The van der Waals surface area contributed by atoms with Crippen LogP contribution in [-0.2, 0) is 4.79 Å². The largest absolute Gasteiger partial charge is 0.303 e. The Balaban J connectivity index is 2.07. The molecule has 0 radical (unpaired) electrons. The zero-order valence-electron chi connectivity index (χ0n) is 6.31. The van der Waals surface area contributed by atoms with Gasteiger partial charge in [0.2, 0.25) is 0 Å². The molecule has 1 spiro atoms. The number of hydrogen-bond donors (Lipinski definition) is 0. The highest BCUT2D eigenvalue weighted by atomic mass is 16.1. The second-order valence-electron chi connectivity index (χ2n) is 3.85.